The fourth-order valence-electron chi connectivity index (χ4n) is 8.39. The van der Waals surface area contributed by atoms with Crippen LogP contribution in [-0.4, -0.2) is 124 Å². The summed E-state index contributed by atoms with van der Waals surface area (Å²) in [5, 5.41) is 6.13. The minimum Gasteiger partial charge on any atom is -0.484 e. The van der Waals surface area contributed by atoms with Crippen molar-refractivity contribution in [3.63, 3.8) is 0 Å². The third kappa shape index (κ3) is 8.94. The highest BCUT2D eigenvalue weighted by atomic mass is 16.7. The van der Waals surface area contributed by atoms with Gasteiger partial charge in [-0.1, -0.05) is 13.8 Å². The van der Waals surface area contributed by atoms with Gasteiger partial charge in [0.25, 0.3) is 11.8 Å². The standard InChI is InChI=1S/C37H52BN5O10/c1-36(2)24-19-29(36)37(3)30(20-24)52-38(53-37)31-5-4-12-43(31)34(46)22-42-35(47)27-8-10-40-28-21-25(6-7-26(27)28)51-23-33(45)41-11-14-49-16-18-50-17-15-48-13-9-32(39)44/h6-8,10,21,24,29-31H,4-5,9,11-20,22-23H2,1-3H3,(H2,39,44)(H,41,45)(H,42,47)/t24-,29-,30?,31?,37+/m1/s1. The molecule has 288 valence electrons. The maximum Gasteiger partial charge on any atom is 0.481 e. The molecule has 3 aliphatic carbocycles. The van der Waals surface area contributed by atoms with E-state index in [1.54, 1.807) is 24.3 Å². The first-order chi connectivity index (χ1) is 25.5. The number of benzene rings is 1. The summed E-state index contributed by atoms with van der Waals surface area (Å²) in [4.78, 5) is 55.9. The van der Waals surface area contributed by atoms with Gasteiger partial charge in [-0.25, -0.2) is 0 Å². The molecule has 53 heavy (non-hydrogen) atoms. The summed E-state index contributed by atoms with van der Waals surface area (Å²) < 4.78 is 34.9. The van der Waals surface area contributed by atoms with Crippen molar-refractivity contribution in [1.29, 1.82) is 0 Å². The predicted octanol–water partition coefficient (Wildman–Crippen LogP) is 1.64. The largest absolute Gasteiger partial charge is 0.484 e. The molecule has 1 aromatic heterocycles. The molecule has 2 unspecified atom stereocenters. The van der Waals surface area contributed by atoms with Gasteiger partial charge in [-0.3, -0.25) is 24.2 Å². The number of nitrogens with zero attached hydrogens (tertiary/aromatic N) is 2. The van der Waals surface area contributed by atoms with E-state index in [0.717, 1.165) is 19.3 Å². The molecule has 2 aliphatic heterocycles. The van der Waals surface area contributed by atoms with Crippen molar-refractivity contribution in [2.24, 2.45) is 23.0 Å². The van der Waals surface area contributed by atoms with Gasteiger partial charge in [-0.05, 0) is 68.1 Å². The summed E-state index contributed by atoms with van der Waals surface area (Å²) in [6, 6.07) is 6.66. The van der Waals surface area contributed by atoms with Gasteiger partial charge in [0.15, 0.2) is 6.61 Å². The van der Waals surface area contributed by atoms with Crippen molar-refractivity contribution in [1.82, 2.24) is 20.5 Å². The van der Waals surface area contributed by atoms with Crippen molar-refractivity contribution < 1.29 is 47.4 Å². The molecule has 4 N–H and O–H groups in total. The summed E-state index contributed by atoms with van der Waals surface area (Å²) in [6.45, 7) is 9.45. The van der Waals surface area contributed by atoms with Gasteiger partial charge in [-0.2, -0.15) is 0 Å². The lowest BCUT2D eigenvalue weighted by Gasteiger charge is -2.64. The van der Waals surface area contributed by atoms with Gasteiger partial charge in [0.1, 0.15) is 5.75 Å². The van der Waals surface area contributed by atoms with Crippen LogP contribution in [0.3, 0.4) is 0 Å². The average molecular weight is 738 g/mol. The van der Waals surface area contributed by atoms with E-state index in [4.69, 9.17) is 34.0 Å². The molecule has 2 saturated heterocycles. The summed E-state index contributed by atoms with van der Waals surface area (Å²) in [7, 11) is -0.459. The lowest BCUT2D eigenvalue weighted by molar-refractivity contribution is -0.199. The van der Waals surface area contributed by atoms with E-state index < -0.39 is 13.0 Å². The van der Waals surface area contributed by atoms with Crippen LogP contribution in [0.5, 0.6) is 5.75 Å². The van der Waals surface area contributed by atoms with Crippen molar-refractivity contribution in [2.75, 3.05) is 65.9 Å². The molecule has 5 aliphatic rings. The first-order valence-corrected chi connectivity index (χ1v) is 18.7. The fourth-order valence-corrected chi connectivity index (χ4v) is 8.39. The number of hydrogen-bond donors (Lipinski definition) is 3. The number of aromatic nitrogens is 1. The van der Waals surface area contributed by atoms with E-state index in [-0.39, 0.29) is 67.0 Å². The fraction of sp³-hybridized carbons (Fsp3) is 0.649. The van der Waals surface area contributed by atoms with E-state index in [1.807, 2.05) is 4.90 Å². The Balaban J connectivity index is 0.900. The molecule has 5 atom stereocenters. The molecule has 0 spiro atoms. The number of carbonyl (C=O) groups excluding carboxylic acids is 4. The number of likely N-dealkylation sites (tertiary alicyclic amines) is 1. The van der Waals surface area contributed by atoms with Gasteiger partial charge < -0.3 is 49.5 Å². The highest BCUT2D eigenvalue weighted by molar-refractivity contribution is 6.48. The summed E-state index contributed by atoms with van der Waals surface area (Å²) in [6.07, 6.45) is 5.58. The molecule has 4 amide bonds. The van der Waals surface area contributed by atoms with Crippen LogP contribution in [0.2, 0.25) is 0 Å². The number of pyridine rings is 1. The second kappa shape index (κ2) is 17.1. The van der Waals surface area contributed by atoms with E-state index >= 15 is 0 Å². The van der Waals surface area contributed by atoms with Crippen LogP contribution in [0, 0.1) is 17.3 Å². The topological polar surface area (TPSA) is 190 Å². The van der Waals surface area contributed by atoms with Crippen LogP contribution in [0.1, 0.15) is 63.2 Å². The first-order valence-electron chi connectivity index (χ1n) is 18.7. The Labute approximate surface area is 310 Å². The Morgan fingerprint density at radius 2 is 1.75 bits per heavy atom. The van der Waals surface area contributed by atoms with Crippen molar-refractivity contribution in [2.45, 2.75) is 70.5 Å². The number of ether oxygens (including phenoxy) is 4. The molecular formula is C37H52BN5O10. The smallest absolute Gasteiger partial charge is 0.481 e. The van der Waals surface area contributed by atoms with Crippen molar-refractivity contribution in [3.05, 3.63) is 36.0 Å². The normalized spacial score (nSPS) is 25.5. The Morgan fingerprint density at radius 3 is 2.51 bits per heavy atom. The minimum absolute atomic E-state index is 0.0493. The first kappa shape index (κ1) is 38.9. The van der Waals surface area contributed by atoms with Crippen molar-refractivity contribution in [3.8, 4) is 5.75 Å². The minimum atomic E-state index is -0.459. The summed E-state index contributed by atoms with van der Waals surface area (Å²) in [5.74, 6) is 0.0656. The van der Waals surface area contributed by atoms with Crippen LogP contribution < -0.4 is 21.1 Å². The predicted molar refractivity (Wildman–Crippen MR) is 194 cm³/mol. The highest BCUT2D eigenvalue weighted by Gasteiger charge is 2.69. The number of primary amides is 1. The number of hydrogen-bond acceptors (Lipinski definition) is 11. The number of carbonyl (C=O) groups is 4. The van der Waals surface area contributed by atoms with Crippen LogP contribution in [0.25, 0.3) is 10.9 Å². The van der Waals surface area contributed by atoms with Gasteiger partial charge in [0, 0.05) is 37.2 Å². The maximum absolute atomic E-state index is 13.5. The highest BCUT2D eigenvalue weighted by Crippen LogP contribution is 2.66. The number of amides is 4. The zero-order valence-corrected chi connectivity index (χ0v) is 30.9. The molecular weight excluding hydrogens is 685 g/mol. The lowest BCUT2D eigenvalue weighted by Crippen LogP contribution is -2.65. The molecule has 2 aromatic rings. The molecule has 7 rings (SSSR count). The van der Waals surface area contributed by atoms with Gasteiger partial charge in [0.2, 0.25) is 11.8 Å². The number of rotatable bonds is 19. The molecule has 5 fully saturated rings. The quantitative estimate of drug-likeness (QED) is 0.140. The molecule has 16 heteroatoms. The SMILES string of the molecule is CC1(C)[C@H]2CC3OB(C4CCCN4C(=O)CNC(=O)c4ccnc5cc(OCC(=O)NCCOCCOCCOCCC(N)=O)ccc45)O[C@@]3(C)[C@@H]1C2. The Hall–Kier alpha value is -3.83. The van der Waals surface area contributed by atoms with E-state index in [1.165, 1.54) is 12.6 Å². The number of nitrogens with one attached hydrogen (secondary N) is 2. The maximum atomic E-state index is 13.5. The monoisotopic (exact) mass is 737 g/mol. The van der Waals surface area contributed by atoms with Gasteiger partial charge in [0.05, 0.1) is 74.9 Å². The second-order valence-electron chi connectivity index (χ2n) is 15.0. The van der Waals surface area contributed by atoms with Crippen molar-refractivity contribution >= 4 is 41.7 Å². The van der Waals surface area contributed by atoms with E-state index in [2.05, 4.69) is 36.4 Å². The van der Waals surface area contributed by atoms with Gasteiger partial charge >= 0.3 is 7.12 Å². The Kier molecular flexibility index (Phi) is 12.5. The second-order valence-corrected chi connectivity index (χ2v) is 15.0. The van der Waals surface area contributed by atoms with Crippen LogP contribution in [0.15, 0.2) is 30.5 Å². The van der Waals surface area contributed by atoms with E-state index in [0.29, 0.717) is 80.2 Å². The zero-order valence-electron chi connectivity index (χ0n) is 30.9. The van der Waals surface area contributed by atoms with E-state index in [9.17, 15) is 19.2 Å². The molecule has 3 saturated carbocycles. The Morgan fingerprint density at radius 1 is 1.00 bits per heavy atom. The molecule has 15 nitrogen and oxygen atoms in total. The lowest BCUT2D eigenvalue weighted by atomic mass is 9.43. The van der Waals surface area contributed by atoms with Crippen LogP contribution >= 0.6 is 0 Å². The van der Waals surface area contributed by atoms with Crippen LogP contribution in [0.4, 0.5) is 0 Å². The third-order valence-corrected chi connectivity index (χ3v) is 11.4. The number of nitrogens with two attached hydrogens (primary N) is 1. The molecule has 3 heterocycles. The average Bonchev–Trinajstić information content (AvgIpc) is 3.77. The number of fused-ring (bicyclic) bond motifs is 1. The summed E-state index contributed by atoms with van der Waals surface area (Å²) >= 11 is 0. The third-order valence-electron chi connectivity index (χ3n) is 11.4. The van der Waals surface area contributed by atoms with Crippen LogP contribution in [-0.2, 0) is 37.9 Å². The Bertz CT molecular complexity index is 1650. The molecule has 1 aromatic carbocycles. The summed E-state index contributed by atoms with van der Waals surface area (Å²) in [5.41, 5.74) is 5.84. The zero-order chi connectivity index (χ0) is 37.6. The molecule has 2 bridgehead atoms. The van der Waals surface area contributed by atoms with Gasteiger partial charge in [-0.15, -0.1) is 0 Å². The molecule has 0 radical (unpaired) electrons.